The molecule has 12 heavy (non-hydrogen) atoms. The Kier molecular flexibility index (Phi) is 2.44. The van der Waals surface area contributed by atoms with E-state index in [1.54, 1.807) is 0 Å². The Morgan fingerprint density at radius 2 is 1.83 bits per heavy atom. The molecule has 0 heterocycles. The smallest absolute Gasteiger partial charge is 0.154 e. The van der Waals surface area contributed by atoms with Gasteiger partial charge in [0, 0.05) is 12.1 Å². The van der Waals surface area contributed by atoms with E-state index >= 15 is 0 Å². The van der Waals surface area contributed by atoms with Crippen molar-refractivity contribution in [3.8, 4) is 5.75 Å². The van der Waals surface area contributed by atoms with Gasteiger partial charge in [-0.2, -0.15) is 0 Å². The van der Waals surface area contributed by atoms with Gasteiger partial charge in [0.1, 0.15) is 11.4 Å². The molecular formula is C7H8F2N2O. The number of anilines is 1. The van der Waals surface area contributed by atoms with Crippen LogP contribution in [0.4, 0.5) is 14.5 Å². The second-order valence-corrected chi connectivity index (χ2v) is 2.11. The highest BCUT2D eigenvalue weighted by Gasteiger charge is 2.09. The lowest BCUT2D eigenvalue weighted by molar-refractivity contribution is 0.407. The van der Waals surface area contributed by atoms with Crippen LogP contribution in [0.3, 0.4) is 0 Å². The van der Waals surface area contributed by atoms with Gasteiger partial charge in [0.15, 0.2) is 11.6 Å². The maximum absolute atomic E-state index is 12.8. The monoisotopic (exact) mass is 174 g/mol. The molecule has 0 bridgehead atoms. The predicted octanol–water partition coefficient (Wildman–Crippen LogP) is 1.26. The van der Waals surface area contributed by atoms with Crippen LogP contribution in [-0.4, -0.2) is 7.11 Å². The molecule has 3 N–H and O–H groups in total. The van der Waals surface area contributed by atoms with E-state index in [9.17, 15) is 8.78 Å². The summed E-state index contributed by atoms with van der Waals surface area (Å²) in [5, 5.41) is 0. The second-order valence-electron chi connectivity index (χ2n) is 2.11. The first-order chi connectivity index (χ1) is 5.69. The highest BCUT2D eigenvalue weighted by Crippen LogP contribution is 2.23. The molecule has 0 atom stereocenters. The molecule has 0 radical (unpaired) electrons. The van der Waals surface area contributed by atoms with Crippen molar-refractivity contribution in [2.24, 2.45) is 5.84 Å². The van der Waals surface area contributed by atoms with Crippen molar-refractivity contribution in [1.29, 1.82) is 0 Å². The molecule has 0 unspecified atom stereocenters. The van der Waals surface area contributed by atoms with Crippen LogP contribution in [0.25, 0.3) is 0 Å². The van der Waals surface area contributed by atoms with Crippen molar-refractivity contribution in [2.45, 2.75) is 0 Å². The molecule has 5 heteroatoms. The number of nitrogens with one attached hydrogen (secondary N) is 1. The largest absolute Gasteiger partial charge is 0.497 e. The summed E-state index contributed by atoms with van der Waals surface area (Å²) in [4.78, 5) is 0. The Labute approximate surface area is 68.1 Å². The number of benzene rings is 1. The lowest BCUT2D eigenvalue weighted by Crippen LogP contribution is -2.10. The molecule has 0 aliphatic heterocycles. The van der Waals surface area contributed by atoms with Crippen molar-refractivity contribution in [3.05, 3.63) is 23.8 Å². The molecule has 0 fully saturated rings. The zero-order chi connectivity index (χ0) is 9.14. The molecule has 0 amide bonds. The summed E-state index contributed by atoms with van der Waals surface area (Å²) in [6.45, 7) is 0. The Morgan fingerprint density at radius 3 is 2.17 bits per heavy atom. The summed E-state index contributed by atoms with van der Waals surface area (Å²) in [7, 11) is 1.32. The number of hydrazine groups is 1. The van der Waals surface area contributed by atoms with Crippen molar-refractivity contribution in [2.75, 3.05) is 12.5 Å². The molecular weight excluding hydrogens is 166 g/mol. The number of methoxy groups -OCH3 is 1. The average molecular weight is 174 g/mol. The van der Waals surface area contributed by atoms with E-state index in [2.05, 4.69) is 4.74 Å². The standard InChI is InChI=1S/C7H8F2N2O/c1-12-4-2-5(8)7(11-10)6(9)3-4/h2-3,11H,10H2,1H3. The fourth-order valence-electron chi connectivity index (χ4n) is 0.806. The first-order valence-corrected chi connectivity index (χ1v) is 3.18. The Bertz CT molecular complexity index is 268. The molecule has 3 nitrogen and oxygen atoms in total. The predicted molar refractivity (Wildman–Crippen MR) is 40.7 cm³/mol. The van der Waals surface area contributed by atoms with Gasteiger partial charge in [-0.15, -0.1) is 0 Å². The summed E-state index contributed by atoms with van der Waals surface area (Å²) in [6.07, 6.45) is 0. The highest BCUT2D eigenvalue weighted by atomic mass is 19.1. The minimum Gasteiger partial charge on any atom is -0.497 e. The van der Waals surface area contributed by atoms with Crippen LogP contribution in [0.5, 0.6) is 5.75 Å². The molecule has 1 aromatic carbocycles. The topological polar surface area (TPSA) is 47.3 Å². The van der Waals surface area contributed by atoms with Crippen LogP contribution in [0, 0.1) is 11.6 Å². The molecule has 0 aliphatic rings. The quantitative estimate of drug-likeness (QED) is 0.524. The number of ether oxygens (including phenoxy) is 1. The van der Waals surface area contributed by atoms with Crippen LogP contribution in [0.15, 0.2) is 12.1 Å². The Morgan fingerprint density at radius 1 is 1.33 bits per heavy atom. The maximum Gasteiger partial charge on any atom is 0.154 e. The lowest BCUT2D eigenvalue weighted by Gasteiger charge is -2.05. The SMILES string of the molecule is COc1cc(F)c(NN)c(F)c1. The van der Waals surface area contributed by atoms with Gasteiger partial charge in [0.05, 0.1) is 7.11 Å². The van der Waals surface area contributed by atoms with E-state index in [4.69, 9.17) is 5.84 Å². The van der Waals surface area contributed by atoms with E-state index in [-0.39, 0.29) is 11.4 Å². The van der Waals surface area contributed by atoms with Gasteiger partial charge in [-0.25, -0.2) is 8.78 Å². The minimum atomic E-state index is -0.783. The third-order valence-electron chi connectivity index (χ3n) is 1.40. The normalized spacial score (nSPS) is 9.67. The molecule has 0 saturated carbocycles. The van der Waals surface area contributed by atoms with Crippen LogP contribution < -0.4 is 16.0 Å². The van der Waals surface area contributed by atoms with Gasteiger partial charge >= 0.3 is 0 Å². The Hall–Kier alpha value is -1.36. The number of nitrogen functional groups attached to an aromatic ring is 1. The van der Waals surface area contributed by atoms with E-state index in [1.807, 2.05) is 5.43 Å². The summed E-state index contributed by atoms with van der Waals surface area (Å²) in [6, 6.07) is 2.08. The minimum absolute atomic E-state index is 0.115. The molecule has 1 rings (SSSR count). The zero-order valence-corrected chi connectivity index (χ0v) is 6.40. The fourth-order valence-corrected chi connectivity index (χ4v) is 0.806. The highest BCUT2D eigenvalue weighted by molar-refractivity contribution is 5.48. The van der Waals surface area contributed by atoms with Gasteiger partial charge in [-0.1, -0.05) is 0 Å². The van der Waals surface area contributed by atoms with Crippen LogP contribution >= 0.6 is 0 Å². The van der Waals surface area contributed by atoms with E-state index in [0.717, 1.165) is 12.1 Å². The van der Waals surface area contributed by atoms with Crippen LogP contribution in [-0.2, 0) is 0 Å². The third-order valence-corrected chi connectivity index (χ3v) is 1.40. The van der Waals surface area contributed by atoms with E-state index < -0.39 is 11.6 Å². The lowest BCUT2D eigenvalue weighted by atomic mass is 10.3. The van der Waals surface area contributed by atoms with Gasteiger partial charge in [-0.3, -0.25) is 5.84 Å². The third kappa shape index (κ3) is 1.45. The molecule has 0 saturated heterocycles. The van der Waals surface area contributed by atoms with Crippen molar-refractivity contribution < 1.29 is 13.5 Å². The first-order valence-electron chi connectivity index (χ1n) is 3.18. The summed E-state index contributed by atoms with van der Waals surface area (Å²) in [5.74, 6) is 3.42. The first kappa shape index (κ1) is 8.73. The number of halogens is 2. The van der Waals surface area contributed by atoms with Gasteiger partial charge in [-0.05, 0) is 0 Å². The number of rotatable bonds is 2. The number of nitrogens with two attached hydrogens (primary N) is 1. The molecule has 66 valence electrons. The van der Waals surface area contributed by atoms with Crippen molar-refractivity contribution in [1.82, 2.24) is 0 Å². The fraction of sp³-hybridized carbons (Fsp3) is 0.143. The maximum atomic E-state index is 12.8. The van der Waals surface area contributed by atoms with E-state index in [0.29, 0.717) is 0 Å². The van der Waals surface area contributed by atoms with Gasteiger partial charge in [0.25, 0.3) is 0 Å². The molecule has 0 aliphatic carbocycles. The van der Waals surface area contributed by atoms with E-state index in [1.165, 1.54) is 7.11 Å². The van der Waals surface area contributed by atoms with Gasteiger partial charge in [0.2, 0.25) is 0 Å². The van der Waals surface area contributed by atoms with Crippen LogP contribution in [0.2, 0.25) is 0 Å². The molecule has 0 spiro atoms. The second kappa shape index (κ2) is 3.36. The average Bonchev–Trinajstić information content (AvgIpc) is 2.03. The summed E-state index contributed by atoms with van der Waals surface area (Å²) >= 11 is 0. The van der Waals surface area contributed by atoms with Crippen molar-refractivity contribution >= 4 is 5.69 Å². The Balaban J connectivity index is 3.18. The van der Waals surface area contributed by atoms with Crippen LogP contribution in [0.1, 0.15) is 0 Å². The van der Waals surface area contributed by atoms with Crippen molar-refractivity contribution in [3.63, 3.8) is 0 Å². The molecule has 1 aromatic rings. The zero-order valence-electron chi connectivity index (χ0n) is 6.40. The van der Waals surface area contributed by atoms with Gasteiger partial charge < -0.3 is 10.2 Å². The molecule has 0 aromatic heterocycles. The number of hydrogen-bond donors (Lipinski definition) is 2. The summed E-state index contributed by atoms with van der Waals surface area (Å²) < 4.78 is 30.3. The number of hydrogen-bond acceptors (Lipinski definition) is 3. The summed E-state index contributed by atoms with van der Waals surface area (Å²) in [5.41, 5.74) is 1.54.